The van der Waals surface area contributed by atoms with Crippen LogP contribution in [0.3, 0.4) is 0 Å². The summed E-state index contributed by atoms with van der Waals surface area (Å²) in [6.07, 6.45) is 2.31. The Morgan fingerprint density at radius 2 is 2.31 bits per heavy atom. The van der Waals surface area contributed by atoms with Crippen LogP contribution in [0.15, 0.2) is 12.3 Å². The van der Waals surface area contributed by atoms with Crippen LogP contribution in [0.5, 0.6) is 0 Å². The molecule has 0 saturated carbocycles. The van der Waals surface area contributed by atoms with Gasteiger partial charge in [0.1, 0.15) is 5.82 Å². The van der Waals surface area contributed by atoms with E-state index in [2.05, 4.69) is 4.98 Å². The maximum atomic E-state index is 11.6. The summed E-state index contributed by atoms with van der Waals surface area (Å²) in [6, 6.07) is 1.51. The largest absolute Gasteiger partial charge is 0.298 e. The third-order valence-corrected chi connectivity index (χ3v) is 2.99. The number of carbonyl (C=O) groups excluding carboxylic acids is 2. The number of rotatable bonds is 2. The molecule has 0 radical (unpaired) electrons. The fourth-order valence-corrected chi connectivity index (χ4v) is 2.09. The highest BCUT2D eigenvalue weighted by atomic mass is 35.5. The van der Waals surface area contributed by atoms with Gasteiger partial charge in [-0.25, -0.2) is 4.98 Å². The minimum Gasteiger partial charge on any atom is -0.298 e. The van der Waals surface area contributed by atoms with Gasteiger partial charge in [0, 0.05) is 19.2 Å². The maximum Gasteiger partial charge on any atom is 0.229 e. The van der Waals surface area contributed by atoms with Crippen molar-refractivity contribution in [2.24, 2.45) is 0 Å². The summed E-state index contributed by atoms with van der Waals surface area (Å²) in [5.74, 6) is 0.147. The minimum absolute atomic E-state index is 0.141. The molecular formula is C10H8Cl2N2O2. The molecule has 0 aliphatic carbocycles. The van der Waals surface area contributed by atoms with Crippen LogP contribution < -0.4 is 4.90 Å². The van der Waals surface area contributed by atoms with E-state index in [4.69, 9.17) is 23.2 Å². The molecule has 1 aliphatic rings. The first kappa shape index (κ1) is 11.4. The number of aromatic nitrogens is 1. The van der Waals surface area contributed by atoms with Gasteiger partial charge in [-0.1, -0.05) is 11.6 Å². The summed E-state index contributed by atoms with van der Waals surface area (Å²) in [5, 5.41) is 0.0404. The highest BCUT2D eigenvalue weighted by molar-refractivity contribution is 6.33. The van der Waals surface area contributed by atoms with E-state index in [1.54, 1.807) is 0 Å². The maximum absolute atomic E-state index is 11.6. The number of hydrogen-bond donors (Lipinski definition) is 0. The summed E-state index contributed by atoms with van der Waals surface area (Å²) in [6.45, 7) is 0.356. The number of amides is 1. The smallest absolute Gasteiger partial charge is 0.229 e. The van der Waals surface area contributed by atoms with E-state index in [0.29, 0.717) is 12.8 Å². The van der Waals surface area contributed by atoms with Crippen LogP contribution >= 0.6 is 23.2 Å². The first-order chi connectivity index (χ1) is 7.63. The predicted octanol–water partition coefficient (Wildman–Crippen LogP) is 1.89. The molecule has 1 atom stereocenters. The molecule has 1 aromatic heterocycles. The molecule has 1 aliphatic heterocycles. The summed E-state index contributed by atoms with van der Waals surface area (Å²) in [5.41, 5.74) is 0.225. The van der Waals surface area contributed by atoms with Gasteiger partial charge in [0.25, 0.3) is 0 Å². The van der Waals surface area contributed by atoms with Gasteiger partial charge in [-0.2, -0.15) is 0 Å². The molecule has 1 saturated heterocycles. The lowest BCUT2D eigenvalue weighted by atomic mass is 10.2. The van der Waals surface area contributed by atoms with Gasteiger partial charge in [-0.15, -0.1) is 11.6 Å². The topological polar surface area (TPSA) is 50.3 Å². The molecule has 2 heterocycles. The molecule has 0 N–H and O–H groups in total. The molecule has 0 aromatic carbocycles. The van der Waals surface area contributed by atoms with E-state index in [1.807, 2.05) is 0 Å². The molecule has 4 nitrogen and oxygen atoms in total. The number of aldehydes is 1. The molecule has 0 bridgehead atoms. The predicted molar refractivity (Wildman–Crippen MR) is 61.2 cm³/mol. The third kappa shape index (κ3) is 1.90. The lowest BCUT2D eigenvalue weighted by Gasteiger charge is -2.16. The highest BCUT2D eigenvalue weighted by Crippen LogP contribution is 2.28. The van der Waals surface area contributed by atoms with Crippen LogP contribution in [0.1, 0.15) is 16.8 Å². The van der Waals surface area contributed by atoms with Crippen molar-refractivity contribution < 1.29 is 9.59 Å². The lowest BCUT2D eigenvalue weighted by Crippen LogP contribution is -2.26. The Labute approximate surface area is 102 Å². The monoisotopic (exact) mass is 258 g/mol. The van der Waals surface area contributed by atoms with Crippen LogP contribution in [0.25, 0.3) is 0 Å². The van der Waals surface area contributed by atoms with Crippen LogP contribution in [0.4, 0.5) is 5.82 Å². The molecule has 0 spiro atoms. The first-order valence-electron chi connectivity index (χ1n) is 4.67. The number of pyridine rings is 1. The molecule has 84 valence electrons. The Morgan fingerprint density at radius 1 is 1.56 bits per heavy atom. The van der Waals surface area contributed by atoms with Gasteiger partial charge < -0.3 is 0 Å². The van der Waals surface area contributed by atoms with Gasteiger partial charge in [0.2, 0.25) is 5.91 Å². The summed E-state index contributed by atoms with van der Waals surface area (Å²) < 4.78 is 0. The van der Waals surface area contributed by atoms with Crippen molar-refractivity contribution in [3.05, 3.63) is 22.8 Å². The van der Waals surface area contributed by atoms with E-state index >= 15 is 0 Å². The fraction of sp³-hybridized carbons (Fsp3) is 0.300. The quantitative estimate of drug-likeness (QED) is 0.602. The van der Waals surface area contributed by atoms with Crippen LogP contribution in [-0.4, -0.2) is 29.1 Å². The number of nitrogens with zero attached hydrogens (tertiary/aromatic N) is 2. The van der Waals surface area contributed by atoms with E-state index in [0.717, 1.165) is 0 Å². The van der Waals surface area contributed by atoms with Crippen molar-refractivity contribution in [2.45, 2.75) is 11.8 Å². The van der Waals surface area contributed by atoms with Gasteiger partial charge in [-0.3, -0.25) is 14.5 Å². The van der Waals surface area contributed by atoms with Crippen LogP contribution in [0.2, 0.25) is 5.02 Å². The Bertz CT molecular complexity index is 450. The summed E-state index contributed by atoms with van der Waals surface area (Å²) >= 11 is 11.7. The van der Waals surface area contributed by atoms with Crippen LogP contribution in [0, 0.1) is 0 Å². The van der Waals surface area contributed by atoms with Crippen molar-refractivity contribution in [3.8, 4) is 0 Å². The van der Waals surface area contributed by atoms with Crippen molar-refractivity contribution >= 4 is 41.2 Å². The second-order valence-corrected chi connectivity index (χ2v) is 4.48. The second-order valence-electron chi connectivity index (χ2n) is 3.45. The standard InChI is InChI=1S/C10H8Cl2N2O2/c11-6-3-9(16)14(4-6)10-7(5-15)8(12)1-2-13-10/h1-2,5-6H,3-4H2. The molecule has 1 fully saturated rings. The van der Waals surface area contributed by atoms with E-state index < -0.39 is 0 Å². The van der Waals surface area contributed by atoms with Gasteiger partial charge in [0.05, 0.1) is 16.0 Å². The molecule has 1 amide bonds. The zero-order chi connectivity index (χ0) is 11.7. The third-order valence-electron chi connectivity index (χ3n) is 2.37. The van der Waals surface area contributed by atoms with Crippen molar-refractivity contribution in [2.75, 3.05) is 11.4 Å². The van der Waals surface area contributed by atoms with Crippen LogP contribution in [-0.2, 0) is 4.79 Å². The summed E-state index contributed by atoms with van der Waals surface area (Å²) in [4.78, 5) is 27.9. The molecule has 16 heavy (non-hydrogen) atoms. The molecule has 6 heteroatoms. The number of anilines is 1. The summed E-state index contributed by atoms with van der Waals surface area (Å²) in [7, 11) is 0. The lowest BCUT2D eigenvalue weighted by molar-refractivity contribution is -0.117. The Hall–Kier alpha value is -1.13. The molecule has 1 aromatic rings. The molecule has 1 unspecified atom stereocenters. The average molecular weight is 259 g/mol. The number of hydrogen-bond acceptors (Lipinski definition) is 3. The zero-order valence-corrected chi connectivity index (χ0v) is 9.70. The molecule has 2 rings (SSSR count). The second kappa shape index (κ2) is 4.39. The number of halogens is 2. The van der Waals surface area contributed by atoms with E-state index in [9.17, 15) is 9.59 Å². The minimum atomic E-state index is -0.243. The van der Waals surface area contributed by atoms with Gasteiger partial charge in [-0.05, 0) is 6.07 Å². The van der Waals surface area contributed by atoms with Crippen molar-refractivity contribution in [3.63, 3.8) is 0 Å². The SMILES string of the molecule is O=Cc1c(Cl)ccnc1N1CC(Cl)CC1=O. The van der Waals surface area contributed by atoms with Gasteiger partial charge >= 0.3 is 0 Å². The highest BCUT2D eigenvalue weighted by Gasteiger charge is 2.31. The van der Waals surface area contributed by atoms with E-state index in [1.165, 1.54) is 17.2 Å². The van der Waals surface area contributed by atoms with Gasteiger partial charge in [0.15, 0.2) is 6.29 Å². The van der Waals surface area contributed by atoms with E-state index in [-0.39, 0.29) is 34.1 Å². The molecular weight excluding hydrogens is 251 g/mol. The van der Waals surface area contributed by atoms with Crippen molar-refractivity contribution in [1.29, 1.82) is 0 Å². The number of carbonyl (C=O) groups is 2. The fourth-order valence-electron chi connectivity index (χ4n) is 1.63. The average Bonchev–Trinajstić information content (AvgIpc) is 2.57. The zero-order valence-electron chi connectivity index (χ0n) is 8.19. The van der Waals surface area contributed by atoms with Crippen molar-refractivity contribution in [1.82, 2.24) is 4.98 Å². The Kier molecular flexibility index (Phi) is 3.12. The normalized spacial score (nSPS) is 20.2. The number of alkyl halides is 1. The first-order valence-corrected chi connectivity index (χ1v) is 5.49. The Balaban J connectivity index is 2.44. The Morgan fingerprint density at radius 3 is 2.88 bits per heavy atom.